The average molecular weight is 317 g/mol. The van der Waals surface area contributed by atoms with Crippen molar-refractivity contribution in [3.63, 3.8) is 0 Å². The van der Waals surface area contributed by atoms with Crippen molar-refractivity contribution in [1.29, 1.82) is 0 Å². The zero-order valence-electron chi connectivity index (χ0n) is 13.1. The largest absolute Gasteiger partial charge is 0.465 e. The van der Waals surface area contributed by atoms with Crippen LogP contribution in [-0.4, -0.2) is 58.6 Å². The van der Waals surface area contributed by atoms with Crippen molar-refractivity contribution >= 4 is 17.7 Å². The summed E-state index contributed by atoms with van der Waals surface area (Å²) in [5.74, 6) is 0.0948. The standard InChI is InChI=1S/C17H23N3O3/c21-16-15(18-13-6-2-1-3-7-13)9-5-11-20(16)14-8-4-10-19(12-14)17(22)23/h1-3,6-7,14-15,18H,4-5,8-12H2,(H,22,23)/t14-,15?/m1/s1. The van der Waals surface area contributed by atoms with Crippen molar-refractivity contribution in [3.05, 3.63) is 30.3 Å². The topological polar surface area (TPSA) is 72.9 Å². The molecule has 0 aromatic heterocycles. The lowest BCUT2D eigenvalue weighted by atomic mass is 9.98. The Kier molecular flexibility index (Phi) is 4.69. The van der Waals surface area contributed by atoms with E-state index in [1.54, 1.807) is 0 Å². The molecular weight excluding hydrogens is 294 g/mol. The van der Waals surface area contributed by atoms with Crippen LogP contribution in [0.4, 0.5) is 10.5 Å². The van der Waals surface area contributed by atoms with Crippen molar-refractivity contribution < 1.29 is 14.7 Å². The number of benzene rings is 1. The highest BCUT2D eigenvalue weighted by Gasteiger charge is 2.36. The predicted molar refractivity (Wildman–Crippen MR) is 87.4 cm³/mol. The molecule has 2 aliphatic rings. The van der Waals surface area contributed by atoms with E-state index in [9.17, 15) is 14.7 Å². The molecule has 2 N–H and O–H groups in total. The highest BCUT2D eigenvalue weighted by molar-refractivity contribution is 5.85. The van der Waals surface area contributed by atoms with Gasteiger partial charge in [-0.15, -0.1) is 0 Å². The number of carbonyl (C=O) groups excluding carboxylic acids is 1. The van der Waals surface area contributed by atoms with E-state index < -0.39 is 6.09 Å². The Bertz CT molecular complexity index is 563. The molecule has 0 radical (unpaired) electrons. The van der Waals surface area contributed by atoms with Crippen LogP contribution in [0.2, 0.25) is 0 Å². The molecule has 2 amide bonds. The molecule has 0 bridgehead atoms. The SMILES string of the molecule is O=C(O)N1CCC[C@@H](N2CCCC(Nc3ccccc3)C2=O)C1. The van der Waals surface area contributed by atoms with Gasteiger partial charge in [0.1, 0.15) is 6.04 Å². The third-order valence-corrected chi connectivity index (χ3v) is 4.70. The quantitative estimate of drug-likeness (QED) is 0.896. The fraction of sp³-hybridized carbons (Fsp3) is 0.529. The van der Waals surface area contributed by atoms with Gasteiger partial charge < -0.3 is 20.2 Å². The highest BCUT2D eigenvalue weighted by atomic mass is 16.4. The van der Waals surface area contributed by atoms with Crippen LogP contribution in [0.5, 0.6) is 0 Å². The van der Waals surface area contributed by atoms with Crippen LogP contribution in [0.3, 0.4) is 0 Å². The Morgan fingerprint density at radius 3 is 2.61 bits per heavy atom. The minimum Gasteiger partial charge on any atom is -0.465 e. The molecule has 1 aromatic carbocycles. The summed E-state index contributed by atoms with van der Waals surface area (Å²) in [6.07, 6.45) is 2.57. The predicted octanol–water partition coefficient (Wildman–Crippen LogP) is 2.23. The van der Waals surface area contributed by atoms with E-state index in [1.807, 2.05) is 35.2 Å². The molecule has 124 valence electrons. The first-order valence-electron chi connectivity index (χ1n) is 8.25. The van der Waals surface area contributed by atoms with Crippen molar-refractivity contribution in [2.45, 2.75) is 37.8 Å². The van der Waals surface area contributed by atoms with Gasteiger partial charge in [-0.1, -0.05) is 18.2 Å². The Labute approximate surface area is 136 Å². The number of nitrogens with one attached hydrogen (secondary N) is 1. The molecule has 6 nitrogen and oxygen atoms in total. The van der Waals surface area contributed by atoms with Gasteiger partial charge in [0.25, 0.3) is 0 Å². The van der Waals surface area contributed by atoms with Crippen LogP contribution in [0.1, 0.15) is 25.7 Å². The van der Waals surface area contributed by atoms with Crippen molar-refractivity contribution in [2.75, 3.05) is 25.0 Å². The fourth-order valence-corrected chi connectivity index (χ4v) is 3.51. The molecule has 1 aromatic rings. The van der Waals surface area contributed by atoms with Crippen molar-refractivity contribution in [3.8, 4) is 0 Å². The van der Waals surface area contributed by atoms with Gasteiger partial charge in [0.15, 0.2) is 0 Å². The molecule has 6 heteroatoms. The summed E-state index contributed by atoms with van der Waals surface area (Å²) in [5, 5.41) is 12.5. The van der Waals surface area contributed by atoms with E-state index in [0.717, 1.165) is 37.9 Å². The third kappa shape index (κ3) is 3.57. The number of hydrogen-bond acceptors (Lipinski definition) is 3. The molecule has 2 saturated heterocycles. The molecular formula is C17H23N3O3. The van der Waals surface area contributed by atoms with E-state index in [4.69, 9.17) is 0 Å². The normalized spacial score (nSPS) is 25.3. The minimum atomic E-state index is -0.891. The van der Waals surface area contributed by atoms with E-state index in [1.165, 1.54) is 4.90 Å². The first-order valence-corrected chi connectivity index (χ1v) is 8.25. The van der Waals surface area contributed by atoms with Crippen LogP contribution in [0, 0.1) is 0 Å². The number of amides is 2. The van der Waals surface area contributed by atoms with Gasteiger partial charge in [-0.05, 0) is 37.8 Å². The van der Waals surface area contributed by atoms with Gasteiger partial charge in [0.2, 0.25) is 5.91 Å². The van der Waals surface area contributed by atoms with Gasteiger partial charge >= 0.3 is 6.09 Å². The maximum Gasteiger partial charge on any atom is 0.407 e. The number of likely N-dealkylation sites (tertiary alicyclic amines) is 2. The molecule has 2 aliphatic heterocycles. The highest BCUT2D eigenvalue weighted by Crippen LogP contribution is 2.23. The molecule has 0 aliphatic carbocycles. The zero-order chi connectivity index (χ0) is 16.2. The number of rotatable bonds is 3. The van der Waals surface area contributed by atoms with Crippen LogP contribution in [0.15, 0.2) is 30.3 Å². The monoisotopic (exact) mass is 317 g/mol. The lowest BCUT2D eigenvalue weighted by Gasteiger charge is -2.42. The Hall–Kier alpha value is -2.24. The summed E-state index contributed by atoms with van der Waals surface area (Å²) in [6, 6.07) is 9.54. The van der Waals surface area contributed by atoms with Gasteiger partial charge in [0, 0.05) is 31.4 Å². The molecule has 0 saturated carbocycles. The van der Waals surface area contributed by atoms with Gasteiger partial charge in [-0.3, -0.25) is 4.79 Å². The number of nitrogens with zero attached hydrogens (tertiary/aromatic N) is 2. The van der Waals surface area contributed by atoms with E-state index in [2.05, 4.69) is 5.32 Å². The number of carboxylic acid groups (broad SMARTS) is 1. The molecule has 2 fully saturated rings. The number of piperidine rings is 2. The maximum absolute atomic E-state index is 12.8. The number of hydrogen-bond donors (Lipinski definition) is 2. The Balaban J connectivity index is 1.66. The lowest BCUT2D eigenvalue weighted by Crippen LogP contribution is -2.57. The maximum atomic E-state index is 12.8. The Morgan fingerprint density at radius 2 is 1.87 bits per heavy atom. The fourth-order valence-electron chi connectivity index (χ4n) is 3.51. The number of anilines is 1. The van der Waals surface area contributed by atoms with E-state index >= 15 is 0 Å². The van der Waals surface area contributed by atoms with Gasteiger partial charge in [0.05, 0.1) is 0 Å². The molecule has 2 heterocycles. The van der Waals surface area contributed by atoms with Gasteiger partial charge in [-0.2, -0.15) is 0 Å². The summed E-state index contributed by atoms with van der Waals surface area (Å²) in [4.78, 5) is 27.3. The average Bonchev–Trinajstić information content (AvgIpc) is 2.58. The third-order valence-electron chi connectivity index (χ3n) is 4.70. The molecule has 1 unspecified atom stereocenters. The zero-order valence-corrected chi connectivity index (χ0v) is 13.1. The second-order valence-electron chi connectivity index (χ2n) is 6.26. The molecule has 2 atom stereocenters. The number of para-hydroxylation sites is 1. The minimum absolute atomic E-state index is 0.00715. The summed E-state index contributed by atoms with van der Waals surface area (Å²) in [5.41, 5.74) is 0.948. The first kappa shape index (κ1) is 15.6. The van der Waals surface area contributed by atoms with Crippen LogP contribution >= 0.6 is 0 Å². The van der Waals surface area contributed by atoms with Crippen LogP contribution < -0.4 is 5.32 Å². The lowest BCUT2D eigenvalue weighted by molar-refractivity contribution is -0.137. The number of carbonyl (C=O) groups is 2. The molecule has 0 spiro atoms. The van der Waals surface area contributed by atoms with E-state index in [-0.39, 0.29) is 18.0 Å². The Morgan fingerprint density at radius 1 is 1.13 bits per heavy atom. The molecule has 23 heavy (non-hydrogen) atoms. The molecule has 3 rings (SSSR count). The summed E-state index contributed by atoms with van der Waals surface area (Å²) < 4.78 is 0. The second kappa shape index (κ2) is 6.89. The van der Waals surface area contributed by atoms with Crippen molar-refractivity contribution in [1.82, 2.24) is 9.80 Å². The summed E-state index contributed by atoms with van der Waals surface area (Å²) in [7, 11) is 0. The van der Waals surface area contributed by atoms with Crippen LogP contribution in [-0.2, 0) is 4.79 Å². The summed E-state index contributed by atoms with van der Waals surface area (Å²) in [6.45, 7) is 1.72. The first-order chi connectivity index (χ1) is 11.1. The smallest absolute Gasteiger partial charge is 0.407 e. The van der Waals surface area contributed by atoms with Crippen molar-refractivity contribution in [2.24, 2.45) is 0 Å². The summed E-state index contributed by atoms with van der Waals surface area (Å²) >= 11 is 0. The van der Waals surface area contributed by atoms with Gasteiger partial charge in [-0.25, -0.2) is 4.79 Å². The van der Waals surface area contributed by atoms with E-state index in [0.29, 0.717) is 13.1 Å². The second-order valence-corrected chi connectivity index (χ2v) is 6.26. The van der Waals surface area contributed by atoms with Crippen LogP contribution in [0.25, 0.3) is 0 Å².